The van der Waals surface area contributed by atoms with E-state index in [4.69, 9.17) is 0 Å². The van der Waals surface area contributed by atoms with Gasteiger partial charge in [-0.1, -0.05) is 115 Å². The second-order valence-corrected chi connectivity index (χ2v) is 13.6. The number of hydrogen-bond acceptors (Lipinski definition) is 1. The lowest BCUT2D eigenvalue weighted by molar-refractivity contribution is 1.17. The molecule has 0 atom stereocenters. The molecule has 4 nitrogen and oxygen atoms in total. The molecule has 8 aromatic carbocycles. The molecular weight excluding hydrogens is 645 g/mol. The molecule has 0 bridgehead atoms. The quantitative estimate of drug-likeness (QED) is 0.183. The summed E-state index contributed by atoms with van der Waals surface area (Å²) < 4.78 is 6.98. The zero-order valence-electron chi connectivity index (χ0n) is 28.6. The van der Waals surface area contributed by atoms with Crippen molar-refractivity contribution in [2.75, 3.05) is 0 Å². The zero-order valence-corrected chi connectivity index (χ0v) is 28.6. The molecule has 4 heteroatoms. The van der Waals surface area contributed by atoms with Crippen molar-refractivity contribution < 1.29 is 0 Å². The van der Waals surface area contributed by atoms with Crippen molar-refractivity contribution in [1.82, 2.24) is 13.7 Å². The van der Waals surface area contributed by atoms with E-state index in [2.05, 4.69) is 196 Å². The fourth-order valence-corrected chi connectivity index (χ4v) is 8.71. The van der Waals surface area contributed by atoms with E-state index in [0.717, 1.165) is 71.8 Å². The molecule has 0 amide bonds. The van der Waals surface area contributed by atoms with Crippen LogP contribution in [0.3, 0.4) is 0 Å². The largest absolute Gasteiger partial charge is 0.309 e. The highest BCUT2D eigenvalue weighted by atomic mass is 15.0. The zero-order chi connectivity index (χ0) is 35.0. The second kappa shape index (κ2) is 11.3. The van der Waals surface area contributed by atoms with E-state index >= 15 is 0 Å². The summed E-state index contributed by atoms with van der Waals surface area (Å²) in [5, 5.41) is 17.8. The third-order valence-electron chi connectivity index (χ3n) is 10.8. The summed E-state index contributed by atoms with van der Waals surface area (Å²) in [6.07, 6.45) is 0. The maximum Gasteiger partial charge on any atom is 0.101 e. The topological polar surface area (TPSA) is 38.6 Å². The van der Waals surface area contributed by atoms with Gasteiger partial charge in [-0.15, -0.1) is 0 Å². The molecule has 0 saturated heterocycles. The van der Waals surface area contributed by atoms with Gasteiger partial charge in [-0.2, -0.15) is 5.26 Å². The summed E-state index contributed by atoms with van der Waals surface area (Å²) in [6.45, 7) is 0. The fourth-order valence-electron chi connectivity index (χ4n) is 8.71. The number of nitrogens with zero attached hydrogens (tertiary/aromatic N) is 4. The molecule has 0 aliphatic rings. The maximum absolute atomic E-state index is 10.9. The van der Waals surface area contributed by atoms with E-state index in [1.165, 1.54) is 21.8 Å². The average Bonchev–Trinajstić information content (AvgIpc) is 3.86. The lowest BCUT2D eigenvalue weighted by Crippen LogP contribution is -1.99. The van der Waals surface area contributed by atoms with Gasteiger partial charge < -0.3 is 13.7 Å². The fraction of sp³-hybridized carbons (Fsp3) is 0. The van der Waals surface area contributed by atoms with Crippen molar-refractivity contribution in [2.24, 2.45) is 0 Å². The highest BCUT2D eigenvalue weighted by Gasteiger charge is 2.24. The molecule has 3 aromatic heterocycles. The van der Waals surface area contributed by atoms with E-state index < -0.39 is 0 Å². The molecule has 0 aliphatic heterocycles. The van der Waals surface area contributed by atoms with Crippen LogP contribution in [0, 0.1) is 11.3 Å². The van der Waals surface area contributed by atoms with Gasteiger partial charge in [0.05, 0.1) is 44.4 Å². The van der Waals surface area contributed by atoms with Crippen LogP contribution in [0.1, 0.15) is 5.56 Å². The Bertz CT molecular complexity index is 3280. The minimum absolute atomic E-state index is 0.643. The summed E-state index contributed by atoms with van der Waals surface area (Å²) in [4.78, 5) is 0. The Morgan fingerprint density at radius 3 is 1.60 bits per heavy atom. The molecule has 0 saturated carbocycles. The Morgan fingerprint density at radius 2 is 0.906 bits per heavy atom. The van der Waals surface area contributed by atoms with E-state index in [9.17, 15) is 5.26 Å². The van der Waals surface area contributed by atoms with Crippen LogP contribution in [-0.2, 0) is 0 Å². The van der Waals surface area contributed by atoms with Crippen LogP contribution in [0.5, 0.6) is 0 Å². The average molecular weight is 675 g/mol. The van der Waals surface area contributed by atoms with Gasteiger partial charge in [0.2, 0.25) is 0 Å². The van der Waals surface area contributed by atoms with Gasteiger partial charge in [-0.25, -0.2) is 0 Å². The van der Waals surface area contributed by atoms with Crippen molar-refractivity contribution in [3.05, 3.63) is 188 Å². The molecule has 53 heavy (non-hydrogen) atoms. The normalized spacial score (nSPS) is 11.8. The molecule has 246 valence electrons. The Labute approximate surface area is 305 Å². The van der Waals surface area contributed by atoms with Crippen molar-refractivity contribution in [2.45, 2.75) is 0 Å². The van der Waals surface area contributed by atoms with E-state index in [0.29, 0.717) is 5.56 Å². The van der Waals surface area contributed by atoms with Gasteiger partial charge >= 0.3 is 0 Å². The van der Waals surface area contributed by atoms with Crippen molar-refractivity contribution >= 4 is 65.4 Å². The third kappa shape index (κ3) is 4.16. The van der Waals surface area contributed by atoms with Gasteiger partial charge in [0, 0.05) is 49.3 Å². The first-order valence-corrected chi connectivity index (χ1v) is 17.9. The highest BCUT2D eigenvalue weighted by Crippen LogP contribution is 2.45. The van der Waals surface area contributed by atoms with Crippen molar-refractivity contribution in [1.29, 1.82) is 5.26 Å². The molecule has 3 heterocycles. The van der Waals surface area contributed by atoms with Crippen molar-refractivity contribution in [3.8, 4) is 34.3 Å². The first-order valence-electron chi connectivity index (χ1n) is 17.9. The van der Waals surface area contributed by atoms with Crippen LogP contribution in [0.15, 0.2) is 182 Å². The predicted octanol–water partition coefficient (Wildman–Crippen LogP) is 12.5. The number of hydrogen-bond donors (Lipinski definition) is 0. The van der Waals surface area contributed by atoms with Gasteiger partial charge in [0.15, 0.2) is 0 Å². The monoisotopic (exact) mass is 674 g/mol. The minimum Gasteiger partial charge on any atom is -0.309 e. The molecular formula is C49H30N4. The Morgan fingerprint density at radius 1 is 0.377 bits per heavy atom. The van der Waals surface area contributed by atoms with Crippen LogP contribution in [0.2, 0.25) is 0 Å². The molecule has 0 aliphatic carbocycles. The number of para-hydroxylation sites is 6. The molecule has 11 rings (SSSR count). The Hall–Kier alpha value is -7.35. The summed E-state index contributed by atoms with van der Waals surface area (Å²) in [5.41, 5.74) is 12.6. The summed E-state index contributed by atoms with van der Waals surface area (Å²) in [7, 11) is 0. The Balaban J connectivity index is 1.23. The first kappa shape index (κ1) is 29.4. The van der Waals surface area contributed by atoms with Crippen LogP contribution in [-0.4, -0.2) is 13.7 Å². The van der Waals surface area contributed by atoms with E-state index in [-0.39, 0.29) is 0 Å². The standard InChI is InChI=1S/C49H30N4/c50-31-33-30-46-47(48-39-22-10-13-25-43(39)52(49(33)48)35-17-5-2-6-18-35)38-21-9-14-26-44(38)53(46)41-23-11-7-19-36(41)32-27-28-45-40(29-32)37-20-8-12-24-42(37)51(45)34-15-3-1-4-16-34/h1-30H. The van der Waals surface area contributed by atoms with Gasteiger partial charge in [0.25, 0.3) is 0 Å². The van der Waals surface area contributed by atoms with Crippen LogP contribution in [0.4, 0.5) is 0 Å². The smallest absolute Gasteiger partial charge is 0.101 e. The SMILES string of the molecule is N#Cc1cc2c(c3ccccc3n2-c2ccccc2-c2ccc3c(c2)c2ccccc2n3-c2ccccc2)c2c3ccccc3n(-c3ccccc3)c12. The van der Waals surface area contributed by atoms with Crippen LogP contribution >= 0.6 is 0 Å². The minimum atomic E-state index is 0.643. The van der Waals surface area contributed by atoms with Gasteiger partial charge in [-0.05, 0) is 72.3 Å². The second-order valence-electron chi connectivity index (χ2n) is 13.6. The molecule has 0 spiro atoms. The van der Waals surface area contributed by atoms with Crippen molar-refractivity contribution in [3.63, 3.8) is 0 Å². The number of rotatable bonds is 4. The van der Waals surface area contributed by atoms with Crippen LogP contribution in [0.25, 0.3) is 93.6 Å². The molecule has 11 aromatic rings. The molecule has 0 N–H and O–H groups in total. The van der Waals surface area contributed by atoms with Crippen LogP contribution < -0.4 is 0 Å². The predicted molar refractivity (Wildman–Crippen MR) is 220 cm³/mol. The lowest BCUT2D eigenvalue weighted by atomic mass is 10.0. The summed E-state index contributed by atoms with van der Waals surface area (Å²) in [5.74, 6) is 0. The summed E-state index contributed by atoms with van der Waals surface area (Å²) in [6, 6.07) is 67.1. The van der Waals surface area contributed by atoms with E-state index in [1.807, 2.05) is 6.07 Å². The first-order chi connectivity index (χ1) is 26.3. The molecule has 0 unspecified atom stereocenters. The lowest BCUT2D eigenvalue weighted by Gasteiger charge is -2.15. The van der Waals surface area contributed by atoms with Gasteiger partial charge in [-0.3, -0.25) is 0 Å². The number of benzene rings is 8. The molecule has 0 radical (unpaired) electrons. The van der Waals surface area contributed by atoms with Gasteiger partial charge in [0.1, 0.15) is 6.07 Å². The number of nitriles is 1. The number of aromatic nitrogens is 3. The summed E-state index contributed by atoms with van der Waals surface area (Å²) >= 11 is 0. The maximum atomic E-state index is 10.9. The Kier molecular flexibility index (Phi) is 6.28. The number of fused-ring (bicyclic) bond motifs is 10. The third-order valence-corrected chi connectivity index (χ3v) is 10.8. The highest BCUT2D eigenvalue weighted by molar-refractivity contribution is 6.30. The molecule has 0 fully saturated rings. The van der Waals surface area contributed by atoms with E-state index in [1.54, 1.807) is 0 Å².